The minimum atomic E-state index is 0.138. The van der Waals surface area contributed by atoms with Crippen molar-refractivity contribution in [1.82, 2.24) is 10.2 Å². The van der Waals surface area contributed by atoms with Crippen LogP contribution in [0.2, 0.25) is 0 Å². The summed E-state index contributed by atoms with van der Waals surface area (Å²) < 4.78 is 6.00. The maximum atomic E-state index is 6.00. The highest BCUT2D eigenvalue weighted by atomic mass is 16.5. The van der Waals surface area contributed by atoms with Crippen molar-refractivity contribution < 1.29 is 4.74 Å². The number of benzene rings is 1. The average molecular weight is 248 g/mol. The van der Waals surface area contributed by atoms with E-state index in [1.54, 1.807) is 0 Å². The van der Waals surface area contributed by atoms with Gasteiger partial charge in [-0.15, -0.1) is 0 Å². The molecule has 0 saturated carbocycles. The van der Waals surface area contributed by atoms with Crippen molar-refractivity contribution in [2.45, 2.75) is 32.4 Å². The zero-order chi connectivity index (χ0) is 13.2. The van der Waals surface area contributed by atoms with Crippen molar-refractivity contribution in [1.29, 1.82) is 0 Å². The summed E-state index contributed by atoms with van der Waals surface area (Å²) in [4.78, 5) is 2.24. The largest absolute Gasteiger partial charge is 0.474 e. The van der Waals surface area contributed by atoms with Crippen LogP contribution in [-0.4, -0.2) is 37.8 Å². The molecule has 1 saturated heterocycles. The molecule has 1 aromatic carbocycles. The fourth-order valence-corrected chi connectivity index (χ4v) is 2.10. The summed E-state index contributed by atoms with van der Waals surface area (Å²) >= 11 is 0. The molecule has 1 atom stereocenters. The number of ether oxygens (including phenoxy) is 1. The molecular formula is C15H24N2O. The SMILES string of the molecule is CN1CCNCC1Oc1ccc(C(C)(C)C)cc1. The van der Waals surface area contributed by atoms with E-state index in [1.807, 2.05) is 0 Å². The predicted molar refractivity (Wildman–Crippen MR) is 75.1 cm³/mol. The lowest BCUT2D eigenvalue weighted by Crippen LogP contribution is -2.52. The van der Waals surface area contributed by atoms with Crippen LogP contribution in [0.1, 0.15) is 26.3 Å². The van der Waals surface area contributed by atoms with Crippen LogP contribution >= 0.6 is 0 Å². The molecule has 1 fully saturated rings. The number of likely N-dealkylation sites (N-methyl/N-ethyl adjacent to an activating group) is 1. The minimum absolute atomic E-state index is 0.138. The molecule has 0 bridgehead atoms. The Kier molecular flexibility index (Phi) is 3.93. The highest BCUT2D eigenvalue weighted by molar-refractivity contribution is 5.31. The van der Waals surface area contributed by atoms with Gasteiger partial charge in [-0.1, -0.05) is 32.9 Å². The highest BCUT2D eigenvalue weighted by Crippen LogP contribution is 2.24. The van der Waals surface area contributed by atoms with Crippen LogP contribution in [0, 0.1) is 0 Å². The van der Waals surface area contributed by atoms with E-state index in [-0.39, 0.29) is 11.6 Å². The minimum Gasteiger partial charge on any atom is -0.474 e. The summed E-state index contributed by atoms with van der Waals surface area (Å²) in [7, 11) is 2.11. The number of nitrogens with zero attached hydrogens (tertiary/aromatic N) is 1. The van der Waals surface area contributed by atoms with Crippen LogP contribution < -0.4 is 10.1 Å². The van der Waals surface area contributed by atoms with E-state index in [1.165, 1.54) is 5.56 Å². The molecule has 1 aliphatic rings. The van der Waals surface area contributed by atoms with Crippen LogP contribution in [0.25, 0.3) is 0 Å². The first-order chi connectivity index (χ1) is 8.47. The molecule has 100 valence electrons. The van der Waals surface area contributed by atoms with E-state index in [0.717, 1.165) is 25.4 Å². The lowest BCUT2D eigenvalue weighted by Gasteiger charge is -2.33. The number of hydrogen-bond acceptors (Lipinski definition) is 3. The summed E-state index contributed by atoms with van der Waals surface area (Å²) in [6.45, 7) is 9.63. The monoisotopic (exact) mass is 248 g/mol. The molecule has 1 heterocycles. The maximum absolute atomic E-state index is 6.00. The maximum Gasteiger partial charge on any atom is 0.165 e. The molecule has 0 spiro atoms. The standard InChI is InChI=1S/C15H24N2O/c1-15(2,3)12-5-7-13(8-6-12)18-14-11-16-9-10-17(14)4/h5-8,14,16H,9-11H2,1-4H3. The molecule has 1 unspecified atom stereocenters. The summed E-state index contributed by atoms with van der Waals surface area (Å²) in [6, 6.07) is 8.46. The van der Waals surface area contributed by atoms with Gasteiger partial charge >= 0.3 is 0 Å². The molecule has 3 nitrogen and oxygen atoms in total. The molecular weight excluding hydrogens is 224 g/mol. The molecule has 0 radical (unpaired) electrons. The molecule has 3 heteroatoms. The van der Waals surface area contributed by atoms with Gasteiger partial charge < -0.3 is 10.1 Å². The second kappa shape index (κ2) is 5.29. The third kappa shape index (κ3) is 3.24. The zero-order valence-electron chi connectivity index (χ0n) is 11.9. The van der Waals surface area contributed by atoms with Crippen molar-refractivity contribution in [3.8, 4) is 5.75 Å². The van der Waals surface area contributed by atoms with Crippen molar-refractivity contribution in [3.05, 3.63) is 29.8 Å². The van der Waals surface area contributed by atoms with Crippen molar-refractivity contribution in [2.24, 2.45) is 0 Å². The predicted octanol–water partition coefficient (Wildman–Crippen LogP) is 2.22. The third-order valence-corrected chi connectivity index (χ3v) is 3.44. The Bertz CT molecular complexity index is 380. The summed E-state index contributed by atoms with van der Waals surface area (Å²) in [5.74, 6) is 0.948. The highest BCUT2D eigenvalue weighted by Gasteiger charge is 2.20. The number of nitrogens with one attached hydrogen (secondary N) is 1. The Morgan fingerprint density at radius 1 is 1.22 bits per heavy atom. The number of piperazine rings is 1. The van der Waals surface area contributed by atoms with E-state index in [0.29, 0.717) is 0 Å². The normalized spacial score (nSPS) is 21.9. The first kappa shape index (κ1) is 13.4. The molecule has 2 rings (SSSR count). The topological polar surface area (TPSA) is 24.5 Å². The van der Waals surface area contributed by atoms with E-state index in [9.17, 15) is 0 Å². The van der Waals surface area contributed by atoms with Crippen molar-refractivity contribution in [2.75, 3.05) is 26.7 Å². The Labute approximate surface area is 110 Å². The zero-order valence-corrected chi connectivity index (χ0v) is 11.9. The van der Waals surface area contributed by atoms with Gasteiger partial charge in [0, 0.05) is 19.6 Å². The van der Waals surface area contributed by atoms with Gasteiger partial charge in [0.15, 0.2) is 6.23 Å². The lowest BCUT2D eigenvalue weighted by atomic mass is 9.87. The van der Waals surface area contributed by atoms with Crippen LogP contribution in [0.15, 0.2) is 24.3 Å². The van der Waals surface area contributed by atoms with Gasteiger partial charge in [-0.2, -0.15) is 0 Å². The lowest BCUT2D eigenvalue weighted by molar-refractivity contribution is 0.0266. The van der Waals surface area contributed by atoms with Gasteiger partial charge in [0.1, 0.15) is 5.75 Å². The van der Waals surface area contributed by atoms with E-state index in [4.69, 9.17) is 4.74 Å². The molecule has 0 amide bonds. The molecule has 0 aromatic heterocycles. The summed E-state index contributed by atoms with van der Waals surface area (Å²) in [6.07, 6.45) is 0.138. The Balaban J connectivity index is 2.02. The smallest absolute Gasteiger partial charge is 0.165 e. The molecule has 1 aromatic rings. The Morgan fingerprint density at radius 2 is 1.89 bits per heavy atom. The Hall–Kier alpha value is -1.06. The quantitative estimate of drug-likeness (QED) is 0.868. The summed E-state index contributed by atoms with van der Waals surface area (Å²) in [5, 5.41) is 3.35. The van der Waals surface area contributed by atoms with Crippen molar-refractivity contribution in [3.63, 3.8) is 0 Å². The second-order valence-corrected chi connectivity index (χ2v) is 6.03. The van der Waals surface area contributed by atoms with Gasteiger partial charge in [0.05, 0.1) is 0 Å². The third-order valence-electron chi connectivity index (χ3n) is 3.44. The van der Waals surface area contributed by atoms with Gasteiger partial charge in [0.25, 0.3) is 0 Å². The van der Waals surface area contributed by atoms with Gasteiger partial charge in [-0.05, 0) is 30.2 Å². The van der Waals surface area contributed by atoms with Gasteiger partial charge in [-0.3, -0.25) is 4.90 Å². The first-order valence-corrected chi connectivity index (χ1v) is 6.65. The summed E-state index contributed by atoms with van der Waals surface area (Å²) in [5.41, 5.74) is 1.53. The van der Waals surface area contributed by atoms with Crippen LogP contribution in [0.5, 0.6) is 5.75 Å². The van der Waals surface area contributed by atoms with Crippen LogP contribution in [0.3, 0.4) is 0 Å². The molecule has 0 aliphatic carbocycles. The second-order valence-electron chi connectivity index (χ2n) is 6.03. The fraction of sp³-hybridized carbons (Fsp3) is 0.600. The average Bonchev–Trinajstić information content (AvgIpc) is 2.32. The van der Waals surface area contributed by atoms with Gasteiger partial charge in [0.2, 0.25) is 0 Å². The van der Waals surface area contributed by atoms with Crippen molar-refractivity contribution >= 4 is 0 Å². The van der Waals surface area contributed by atoms with Gasteiger partial charge in [-0.25, -0.2) is 0 Å². The molecule has 1 N–H and O–H groups in total. The van der Waals surface area contributed by atoms with Crippen LogP contribution in [-0.2, 0) is 5.41 Å². The first-order valence-electron chi connectivity index (χ1n) is 6.65. The molecule has 18 heavy (non-hydrogen) atoms. The van der Waals surface area contributed by atoms with E-state index < -0.39 is 0 Å². The number of rotatable bonds is 2. The fourth-order valence-electron chi connectivity index (χ4n) is 2.10. The van der Waals surface area contributed by atoms with E-state index >= 15 is 0 Å². The number of hydrogen-bond donors (Lipinski definition) is 1. The van der Waals surface area contributed by atoms with Crippen LogP contribution in [0.4, 0.5) is 0 Å². The molecule has 1 aliphatic heterocycles. The Morgan fingerprint density at radius 3 is 2.44 bits per heavy atom. The van der Waals surface area contributed by atoms with E-state index in [2.05, 4.69) is 62.3 Å².